The fourth-order valence-corrected chi connectivity index (χ4v) is 2.24. The third-order valence-corrected chi connectivity index (χ3v) is 3.31. The second-order valence-electron chi connectivity index (χ2n) is 3.53. The van der Waals surface area contributed by atoms with Gasteiger partial charge in [-0.15, -0.1) is 11.6 Å². The lowest BCUT2D eigenvalue weighted by Gasteiger charge is -2.01. The van der Waals surface area contributed by atoms with Gasteiger partial charge in [0.05, 0.1) is 15.1 Å². The van der Waals surface area contributed by atoms with Crippen molar-refractivity contribution in [1.29, 1.82) is 0 Å². The van der Waals surface area contributed by atoms with E-state index in [0.717, 1.165) is 0 Å². The maximum absolute atomic E-state index is 11.4. The third-order valence-electron chi connectivity index (χ3n) is 2.17. The summed E-state index contributed by atoms with van der Waals surface area (Å²) in [7, 11) is 0. The molecule has 2 aromatic rings. The Bertz CT molecular complexity index is 626. The first-order valence-electron chi connectivity index (χ1n) is 4.97. The van der Waals surface area contributed by atoms with Gasteiger partial charge in [0.15, 0.2) is 5.13 Å². The Morgan fingerprint density at radius 2 is 2.33 bits per heavy atom. The van der Waals surface area contributed by atoms with Gasteiger partial charge in [-0.1, -0.05) is 11.3 Å². The molecule has 2 rings (SSSR count). The fraction of sp³-hybridized carbons (Fsp3) is 0.200. The zero-order chi connectivity index (χ0) is 13.3. The van der Waals surface area contributed by atoms with Crippen molar-refractivity contribution in [3.8, 4) is 0 Å². The number of hydrogen-bond acceptors (Lipinski definition) is 5. The Kier molecular flexibility index (Phi) is 3.44. The molecule has 1 heterocycles. The molecule has 0 aliphatic heterocycles. The molecule has 0 unspecified atom stereocenters. The number of alkyl halides is 1. The highest BCUT2D eigenvalue weighted by atomic mass is 35.5. The van der Waals surface area contributed by atoms with Crippen LogP contribution < -0.4 is 5.32 Å². The Morgan fingerprint density at radius 3 is 2.94 bits per heavy atom. The summed E-state index contributed by atoms with van der Waals surface area (Å²) in [4.78, 5) is 25.7. The summed E-state index contributed by atoms with van der Waals surface area (Å²) in [5, 5.41) is 12.9. The number of rotatable bonds is 3. The van der Waals surface area contributed by atoms with Crippen LogP contribution in [0.15, 0.2) is 18.2 Å². The summed E-state index contributed by atoms with van der Waals surface area (Å²) in [6, 6.07) is 4.34. The molecular formula is C10H8ClN3O3S. The number of nitro groups is 1. The topological polar surface area (TPSA) is 85.1 Å². The summed E-state index contributed by atoms with van der Waals surface area (Å²) >= 11 is 6.79. The van der Waals surface area contributed by atoms with Crippen LogP contribution >= 0.6 is 22.9 Å². The molecule has 1 aromatic carbocycles. The lowest BCUT2D eigenvalue weighted by atomic mass is 10.3. The highest BCUT2D eigenvalue weighted by Crippen LogP contribution is 2.29. The van der Waals surface area contributed by atoms with E-state index in [9.17, 15) is 14.9 Å². The maximum Gasteiger partial charge on any atom is 0.270 e. The van der Waals surface area contributed by atoms with Crippen molar-refractivity contribution in [3.05, 3.63) is 28.3 Å². The first kappa shape index (κ1) is 12.7. The lowest BCUT2D eigenvalue weighted by molar-refractivity contribution is -0.384. The van der Waals surface area contributed by atoms with Gasteiger partial charge in [0.1, 0.15) is 5.38 Å². The van der Waals surface area contributed by atoms with Crippen LogP contribution in [0.5, 0.6) is 0 Å². The Morgan fingerprint density at radius 1 is 1.61 bits per heavy atom. The van der Waals surface area contributed by atoms with Crippen LogP contribution in [0.4, 0.5) is 10.8 Å². The van der Waals surface area contributed by atoms with Crippen molar-refractivity contribution in [1.82, 2.24) is 4.98 Å². The minimum Gasteiger partial charge on any atom is -0.301 e. The summed E-state index contributed by atoms with van der Waals surface area (Å²) in [5.41, 5.74) is 0.595. The van der Waals surface area contributed by atoms with E-state index >= 15 is 0 Å². The van der Waals surface area contributed by atoms with Crippen LogP contribution in [-0.2, 0) is 4.79 Å². The molecule has 1 atom stereocenters. The van der Waals surface area contributed by atoms with Crippen LogP contribution in [0, 0.1) is 10.1 Å². The van der Waals surface area contributed by atoms with Gasteiger partial charge in [0, 0.05) is 12.1 Å². The number of aromatic nitrogens is 1. The number of non-ortho nitro benzene ring substituents is 1. The lowest BCUT2D eigenvalue weighted by Crippen LogP contribution is -2.19. The number of halogens is 1. The van der Waals surface area contributed by atoms with E-state index in [4.69, 9.17) is 11.6 Å². The number of carbonyl (C=O) groups excluding carboxylic acids is 1. The van der Waals surface area contributed by atoms with E-state index in [2.05, 4.69) is 10.3 Å². The first-order chi connectivity index (χ1) is 8.47. The maximum atomic E-state index is 11.4. The molecule has 1 amide bonds. The van der Waals surface area contributed by atoms with Gasteiger partial charge >= 0.3 is 0 Å². The van der Waals surface area contributed by atoms with Crippen molar-refractivity contribution >= 4 is 49.9 Å². The average molecular weight is 286 g/mol. The number of fused-ring (bicyclic) bond motifs is 1. The molecule has 0 bridgehead atoms. The minimum atomic E-state index is -0.661. The number of hydrogen-bond donors (Lipinski definition) is 1. The molecule has 0 saturated carbocycles. The molecular weight excluding hydrogens is 278 g/mol. The van der Waals surface area contributed by atoms with E-state index in [0.29, 0.717) is 15.3 Å². The molecule has 0 aliphatic carbocycles. The van der Waals surface area contributed by atoms with Gasteiger partial charge in [-0.05, 0) is 13.0 Å². The van der Waals surface area contributed by atoms with E-state index in [-0.39, 0.29) is 11.6 Å². The smallest absolute Gasteiger partial charge is 0.270 e. The molecule has 0 saturated heterocycles. The van der Waals surface area contributed by atoms with Crippen molar-refractivity contribution in [3.63, 3.8) is 0 Å². The summed E-state index contributed by atoms with van der Waals surface area (Å²) in [6.45, 7) is 1.55. The number of nitro benzene ring substituents is 1. The first-order valence-corrected chi connectivity index (χ1v) is 6.22. The van der Waals surface area contributed by atoms with E-state index < -0.39 is 10.3 Å². The number of amides is 1. The van der Waals surface area contributed by atoms with Crippen LogP contribution in [0.25, 0.3) is 10.2 Å². The predicted molar refractivity (Wildman–Crippen MR) is 70.2 cm³/mol. The average Bonchev–Trinajstić information content (AvgIpc) is 2.69. The van der Waals surface area contributed by atoms with Crippen molar-refractivity contribution < 1.29 is 9.72 Å². The van der Waals surface area contributed by atoms with E-state index in [1.54, 1.807) is 13.0 Å². The summed E-state index contributed by atoms with van der Waals surface area (Å²) in [5.74, 6) is -0.356. The number of nitrogens with zero attached hydrogens (tertiary/aromatic N) is 2. The van der Waals surface area contributed by atoms with Gasteiger partial charge in [0.2, 0.25) is 5.91 Å². The quantitative estimate of drug-likeness (QED) is 0.534. The number of thiazole rings is 1. The fourth-order valence-electron chi connectivity index (χ4n) is 1.29. The van der Waals surface area contributed by atoms with E-state index in [1.807, 2.05) is 0 Å². The molecule has 94 valence electrons. The number of anilines is 1. The second-order valence-corrected chi connectivity index (χ2v) is 5.22. The molecule has 1 N–H and O–H groups in total. The molecule has 8 heteroatoms. The highest BCUT2D eigenvalue weighted by molar-refractivity contribution is 7.22. The van der Waals surface area contributed by atoms with E-state index in [1.165, 1.54) is 23.5 Å². The Balaban J connectivity index is 2.33. The summed E-state index contributed by atoms with van der Waals surface area (Å²) in [6.07, 6.45) is 0. The number of benzene rings is 1. The molecule has 6 nitrogen and oxygen atoms in total. The Labute approximate surface area is 111 Å². The monoisotopic (exact) mass is 285 g/mol. The molecule has 0 aliphatic rings. The standard InChI is InChI=1S/C10H8ClN3O3S/c1-5(11)9(15)13-10-12-7-3-2-6(14(16)17)4-8(7)18-10/h2-5H,1H3,(H,12,13,15)/t5-/m1/s1. The molecule has 0 spiro atoms. The predicted octanol–water partition coefficient (Wildman–Crippen LogP) is 2.77. The van der Waals surface area contributed by atoms with Crippen LogP contribution in [0.2, 0.25) is 0 Å². The van der Waals surface area contributed by atoms with Crippen molar-refractivity contribution in [2.45, 2.75) is 12.3 Å². The summed E-state index contributed by atoms with van der Waals surface area (Å²) < 4.78 is 0.640. The molecule has 0 fully saturated rings. The van der Waals surface area contributed by atoms with Gasteiger partial charge in [0.25, 0.3) is 5.69 Å². The van der Waals surface area contributed by atoms with Crippen molar-refractivity contribution in [2.75, 3.05) is 5.32 Å². The largest absolute Gasteiger partial charge is 0.301 e. The van der Waals surface area contributed by atoms with Crippen LogP contribution in [0.1, 0.15) is 6.92 Å². The van der Waals surface area contributed by atoms with Crippen LogP contribution in [0.3, 0.4) is 0 Å². The molecule has 0 radical (unpaired) electrons. The highest BCUT2D eigenvalue weighted by Gasteiger charge is 2.14. The molecule has 1 aromatic heterocycles. The minimum absolute atomic E-state index is 0.00487. The third kappa shape index (κ3) is 2.57. The normalized spacial score (nSPS) is 12.3. The van der Waals surface area contributed by atoms with Crippen LogP contribution in [-0.4, -0.2) is 21.2 Å². The second kappa shape index (κ2) is 4.87. The molecule has 18 heavy (non-hydrogen) atoms. The number of carbonyl (C=O) groups is 1. The van der Waals surface area contributed by atoms with Gasteiger partial charge in [-0.3, -0.25) is 14.9 Å². The zero-order valence-electron chi connectivity index (χ0n) is 9.21. The van der Waals surface area contributed by atoms with Gasteiger partial charge in [-0.25, -0.2) is 4.98 Å². The van der Waals surface area contributed by atoms with Crippen molar-refractivity contribution in [2.24, 2.45) is 0 Å². The Hall–Kier alpha value is -1.73. The number of nitrogens with one attached hydrogen (secondary N) is 1. The van der Waals surface area contributed by atoms with Gasteiger partial charge < -0.3 is 5.32 Å². The zero-order valence-corrected chi connectivity index (χ0v) is 10.8. The SMILES string of the molecule is C[C@@H](Cl)C(=O)Nc1nc2ccc([N+](=O)[O-])cc2s1. The van der Waals surface area contributed by atoms with Gasteiger partial charge in [-0.2, -0.15) is 0 Å².